The minimum Gasteiger partial charge on any atom is -0.370 e. The van der Waals surface area contributed by atoms with Gasteiger partial charge in [-0.3, -0.25) is 0 Å². The van der Waals surface area contributed by atoms with Crippen LogP contribution in [0, 0.1) is 5.92 Å². The molecule has 0 saturated heterocycles. The van der Waals surface area contributed by atoms with Crippen molar-refractivity contribution in [2.24, 2.45) is 5.92 Å². The monoisotopic (exact) mass is 267 g/mol. The third-order valence-corrected chi connectivity index (χ3v) is 4.98. The van der Waals surface area contributed by atoms with Gasteiger partial charge >= 0.3 is 0 Å². The molecule has 0 spiro atoms. The number of rotatable bonds is 5. The highest BCUT2D eigenvalue weighted by Crippen LogP contribution is 2.36. The van der Waals surface area contributed by atoms with Crippen LogP contribution in [0.5, 0.6) is 0 Å². The topological polar surface area (TPSA) is 21.3 Å². The largest absolute Gasteiger partial charge is 0.370 e. The van der Waals surface area contributed by atoms with Crippen LogP contribution >= 0.6 is 0 Å². The molecule has 0 amide bonds. The summed E-state index contributed by atoms with van der Waals surface area (Å²) in [6, 6.07) is 0.564. The second-order valence-corrected chi connectivity index (χ2v) is 7.28. The van der Waals surface area contributed by atoms with Gasteiger partial charge in [0.2, 0.25) is 0 Å². The van der Waals surface area contributed by atoms with Crippen molar-refractivity contribution >= 4 is 0 Å². The quantitative estimate of drug-likeness (QED) is 0.802. The van der Waals surface area contributed by atoms with E-state index < -0.39 is 0 Å². The molecule has 2 rings (SSSR count). The molecule has 0 atom stereocenters. The Labute approximate surface area is 119 Å². The van der Waals surface area contributed by atoms with E-state index in [0.717, 1.165) is 12.5 Å². The van der Waals surface area contributed by atoms with Gasteiger partial charge in [-0.05, 0) is 44.4 Å². The Bertz CT molecular complexity index is 250. The Balaban J connectivity index is 1.89. The molecule has 0 heterocycles. The number of nitrogens with one attached hydrogen (secondary N) is 1. The van der Waals surface area contributed by atoms with Crippen LogP contribution < -0.4 is 5.32 Å². The molecule has 0 radical (unpaired) electrons. The van der Waals surface area contributed by atoms with E-state index in [-0.39, 0.29) is 5.60 Å². The Morgan fingerprint density at radius 3 is 2.26 bits per heavy atom. The summed E-state index contributed by atoms with van der Waals surface area (Å²) >= 11 is 0. The van der Waals surface area contributed by atoms with Crippen molar-refractivity contribution in [1.82, 2.24) is 5.32 Å². The van der Waals surface area contributed by atoms with E-state index in [1.807, 2.05) is 0 Å². The van der Waals surface area contributed by atoms with Crippen LogP contribution in [0.15, 0.2) is 0 Å². The smallest absolute Gasteiger partial charge is 0.0810 e. The number of ether oxygens (including phenoxy) is 1. The van der Waals surface area contributed by atoms with Crippen molar-refractivity contribution < 1.29 is 4.74 Å². The first-order valence-corrected chi connectivity index (χ1v) is 8.51. The second-order valence-electron chi connectivity index (χ2n) is 7.28. The molecule has 2 aliphatic rings. The summed E-state index contributed by atoms with van der Waals surface area (Å²) in [7, 11) is 0. The van der Waals surface area contributed by atoms with Gasteiger partial charge in [-0.2, -0.15) is 0 Å². The Morgan fingerprint density at radius 1 is 1.05 bits per heavy atom. The van der Waals surface area contributed by atoms with Crippen molar-refractivity contribution in [3.05, 3.63) is 0 Å². The van der Waals surface area contributed by atoms with Crippen molar-refractivity contribution in [3.63, 3.8) is 0 Å². The van der Waals surface area contributed by atoms with Crippen molar-refractivity contribution in [2.45, 2.75) is 96.3 Å². The molecule has 19 heavy (non-hydrogen) atoms. The van der Waals surface area contributed by atoms with Crippen LogP contribution in [0.1, 0.15) is 78.6 Å². The highest BCUT2D eigenvalue weighted by molar-refractivity contribution is 4.89. The predicted octanol–water partition coefficient (Wildman–Crippen LogP) is 4.28. The third kappa shape index (κ3) is 4.75. The van der Waals surface area contributed by atoms with Gasteiger partial charge in [0.15, 0.2) is 0 Å². The molecular formula is C17H33NO. The maximum absolute atomic E-state index is 6.66. The lowest BCUT2D eigenvalue weighted by molar-refractivity contribution is -0.125. The fourth-order valence-electron chi connectivity index (χ4n) is 3.62. The first-order chi connectivity index (χ1) is 9.10. The number of hydrogen-bond donors (Lipinski definition) is 1. The minimum atomic E-state index is 0.147. The standard InChI is InChI=1S/C17H33NO/c1-14(2)18-13-17(11-5-4-6-12-17)19-16-9-7-15(3)8-10-16/h14-16,18H,4-13H2,1-3H3. The molecular weight excluding hydrogens is 234 g/mol. The van der Waals surface area contributed by atoms with E-state index in [4.69, 9.17) is 4.74 Å². The van der Waals surface area contributed by atoms with Crippen LogP contribution in [0.3, 0.4) is 0 Å². The zero-order chi connectivity index (χ0) is 13.7. The Hall–Kier alpha value is -0.0800. The maximum atomic E-state index is 6.66. The lowest BCUT2D eigenvalue weighted by atomic mass is 9.83. The highest BCUT2D eigenvalue weighted by atomic mass is 16.5. The van der Waals surface area contributed by atoms with E-state index in [0.29, 0.717) is 12.1 Å². The van der Waals surface area contributed by atoms with E-state index in [9.17, 15) is 0 Å². The summed E-state index contributed by atoms with van der Waals surface area (Å²) < 4.78 is 6.66. The molecule has 2 saturated carbocycles. The molecule has 2 nitrogen and oxygen atoms in total. The first kappa shape index (κ1) is 15.3. The molecule has 0 aliphatic heterocycles. The fourth-order valence-corrected chi connectivity index (χ4v) is 3.62. The van der Waals surface area contributed by atoms with Crippen LogP contribution in [-0.2, 0) is 4.74 Å². The average Bonchev–Trinajstić information content (AvgIpc) is 2.41. The lowest BCUT2D eigenvalue weighted by Crippen LogP contribution is -2.48. The van der Waals surface area contributed by atoms with Crippen molar-refractivity contribution in [3.8, 4) is 0 Å². The van der Waals surface area contributed by atoms with E-state index in [1.54, 1.807) is 0 Å². The lowest BCUT2D eigenvalue weighted by Gasteiger charge is -2.42. The predicted molar refractivity (Wildman–Crippen MR) is 81.5 cm³/mol. The normalized spacial score (nSPS) is 31.6. The molecule has 0 unspecified atom stereocenters. The number of hydrogen-bond acceptors (Lipinski definition) is 2. The molecule has 0 aromatic heterocycles. The summed E-state index contributed by atoms with van der Waals surface area (Å²) in [4.78, 5) is 0. The van der Waals surface area contributed by atoms with Gasteiger partial charge in [0, 0.05) is 12.6 Å². The summed E-state index contributed by atoms with van der Waals surface area (Å²) in [5, 5.41) is 3.63. The molecule has 0 aromatic carbocycles. The first-order valence-electron chi connectivity index (χ1n) is 8.51. The molecule has 2 heteroatoms. The Morgan fingerprint density at radius 2 is 1.68 bits per heavy atom. The van der Waals surface area contributed by atoms with Crippen LogP contribution in [0.4, 0.5) is 0 Å². The van der Waals surface area contributed by atoms with Crippen LogP contribution in [-0.4, -0.2) is 24.3 Å². The molecule has 2 aliphatic carbocycles. The third-order valence-electron chi connectivity index (χ3n) is 4.98. The molecule has 0 aromatic rings. The van der Waals surface area contributed by atoms with Crippen molar-refractivity contribution in [2.75, 3.05) is 6.54 Å². The van der Waals surface area contributed by atoms with Gasteiger partial charge in [0.25, 0.3) is 0 Å². The van der Waals surface area contributed by atoms with Gasteiger partial charge in [-0.25, -0.2) is 0 Å². The second kappa shape index (κ2) is 7.08. The van der Waals surface area contributed by atoms with Gasteiger partial charge < -0.3 is 10.1 Å². The molecule has 2 fully saturated rings. The summed E-state index contributed by atoms with van der Waals surface area (Å²) in [5.74, 6) is 0.913. The average molecular weight is 267 g/mol. The van der Waals surface area contributed by atoms with E-state index in [2.05, 4.69) is 26.1 Å². The zero-order valence-electron chi connectivity index (χ0n) is 13.2. The zero-order valence-corrected chi connectivity index (χ0v) is 13.2. The van der Waals surface area contributed by atoms with E-state index >= 15 is 0 Å². The maximum Gasteiger partial charge on any atom is 0.0810 e. The van der Waals surface area contributed by atoms with Gasteiger partial charge in [0.1, 0.15) is 0 Å². The summed E-state index contributed by atoms with van der Waals surface area (Å²) in [6.07, 6.45) is 12.4. The van der Waals surface area contributed by atoms with Crippen molar-refractivity contribution in [1.29, 1.82) is 0 Å². The van der Waals surface area contributed by atoms with Gasteiger partial charge in [-0.15, -0.1) is 0 Å². The van der Waals surface area contributed by atoms with Gasteiger partial charge in [0.05, 0.1) is 11.7 Å². The Kier molecular flexibility index (Phi) is 5.70. The van der Waals surface area contributed by atoms with Crippen LogP contribution in [0.25, 0.3) is 0 Å². The summed E-state index contributed by atoms with van der Waals surface area (Å²) in [6.45, 7) is 7.90. The van der Waals surface area contributed by atoms with E-state index in [1.165, 1.54) is 57.8 Å². The van der Waals surface area contributed by atoms with Crippen LogP contribution in [0.2, 0.25) is 0 Å². The molecule has 112 valence electrons. The molecule has 0 bridgehead atoms. The highest BCUT2D eigenvalue weighted by Gasteiger charge is 2.36. The SMILES string of the molecule is CC1CCC(OC2(CNC(C)C)CCCCC2)CC1. The van der Waals surface area contributed by atoms with Gasteiger partial charge in [-0.1, -0.05) is 40.0 Å². The fraction of sp³-hybridized carbons (Fsp3) is 1.00. The molecule has 1 N–H and O–H groups in total. The summed E-state index contributed by atoms with van der Waals surface area (Å²) in [5.41, 5.74) is 0.147. The minimum absolute atomic E-state index is 0.147.